The monoisotopic (exact) mass is 597 g/mol. The van der Waals surface area contributed by atoms with Gasteiger partial charge in [-0.2, -0.15) is 0 Å². The highest BCUT2D eigenvalue weighted by molar-refractivity contribution is 14.1. The van der Waals surface area contributed by atoms with Crippen LogP contribution in [0.4, 0.5) is 11.4 Å². The molecule has 0 spiro atoms. The highest BCUT2D eigenvalue weighted by Crippen LogP contribution is 2.45. The Labute approximate surface area is 212 Å². The first-order valence-electron chi connectivity index (χ1n) is 10.1. The number of hydrogen-bond acceptors (Lipinski definition) is 5. The summed E-state index contributed by atoms with van der Waals surface area (Å²) >= 11 is 8.16. The number of halogens is 1. The molecule has 1 aliphatic rings. The smallest absolute Gasteiger partial charge is 0.229 e. The molecule has 4 rings (SSSR count). The molecule has 2 aromatic heterocycles. The maximum Gasteiger partial charge on any atom is 0.229 e. The number of thiocarbonyl (C=S) groups is 1. The van der Waals surface area contributed by atoms with Crippen LogP contribution in [0.5, 0.6) is 5.75 Å². The van der Waals surface area contributed by atoms with Gasteiger partial charge in [-0.3, -0.25) is 9.71 Å². The number of sulfonamides is 1. The molecule has 8 nitrogen and oxygen atoms in total. The van der Waals surface area contributed by atoms with Gasteiger partial charge in [-0.05, 0) is 72.9 Å². The Balaban J connectivity index is 1.86. The third-order valence-electron chi connectivity index (χ3n) is 5.50. The average Bonchev–Trinajstić information content (AvgIpc) is 3.22. The molecular formula is C22H24IN5O3S2. The predicted octanol–water partition coefficient (Wildman–Crippen LogP) is 4.19. The van der Waals surface area contributed by atoms with Gasteiger partial charge in [0.15, 0.2) is 5.11 Å². The van der Waals surface area contributed by atoms with Crippen LogP contribution < -0.4 is 19.7 Å². The summed E-state index contributed by atoms with van der Waals surface area (Å²) in [7, 11) is -1.95. The highest BCUT2D eigenvalue weighted by Gasteiger charge is 2.43. The van der Waals surface area contributed by atoms with Crippen molar-refractivity contribution in [2.24, 2.45) is 0 Å². The number of methoxy groups -OCH3 is 1. The van der Waals surface area contributed by atoms with Crippen LogP contribution in [-0.2, 0) is 10.0 Å². The summed E-state index contributed by atoms with van der Waals surface area (Å²) in [6, 6.07) is 10.8. The van der Waals surface area contributed by atoms with Crippen LogP contribution in [0.25, 0.3) is 0 Å². The van der Waals surface area contributed by atoms with Gasteiger partial charge in [-0.15, -0.1) is 0 Å². The van der Waals surface area contributed by atoms with E-state index in [1.807, 2.05) is 36.1 Å². The number of aromatic nitrogens is 2. The minimum absolute atomic E-state index is 0.178. The normalized spacial score (nSPS) is 18.3. The van der Waals surface area contributed by atoms with E-state index < -0.39 is 10.0 Å². The third kappa shape index (κ3) is 4.66. The molecule has 3 N–H and O–H groups in total. The number of H-pyrrole nitrogens is 1. The Morgan fingerprint density at radius 3 is 2.55 bits per heavy atom. The topological polar surface area (TPSA) is 99.3 Å². The number of aryl methyl sites for hydroxylation is 2. The van der Waals surface area contributed by atoms with Crippen LogP contribution in [0.1, 0.15) is 34.7 Å². The zero-order valence-corrected chi connectivity index (χ0v) is 22.3. The van der Waals surface area contributed by atoms with Crippen molar-refractivity contribution in [3.8, 4) is 5.75 Å². The van der Waals surface area contributed by atoms with Crippen LogP contribution in [-0.4, -0.2) is 36.9 Å². The minimum Gasteiger partial charge on any atom is -0.494 e. The van der Waals surface area contributed by atoms with Crippen molar-refractivity contribution in [1.29, 1.82) is 0 Å². The molecule has 3 heterocycles. The van der Waals surface area contributed by atoms with E-state index in [4.69, 9.17) is 17.0 Å². The summed E-state index contributed by atoms with van der Waals surface area (Å²) < 4.78 is 32.6. The van der Waals surface area contributed by atoms with Gasteiger partial charge in [0.05, 0.1) is 36.8 Å². The second kappa shape index (κ2) is 9.11. The van der Waals surface area contributed by atoms with E-state index >= 15 is 0 Å². The summed E-state index contributed by atoms with van der Waals surface area (Å²) in [5, 5.41) is 4.00. The number of nitrogens with one attached hydrogen (secondary N) is 3. The fourth-order valence-electron chi connectivity index (χ4n) is 4.16. The first-order chi connectivity index (χ1) is 15.6. The second-order valence-corrected chi connectivity index (χ2v) is 11.1. The van der Waals surface area contributed by atoms with Crippen LogP contribution >= 0.6 is 34.8 Å². The molecular weight excluding hydrogens is 573 g/mol. The number of rotatable bonds is 6. The molecule has 0 aliphatic carbocycles. The summed E-state index contributed by atoms with van der Waals surface area (Å²) in [6.07, 6.45) is 2.88. The molecule has 1 fully saturated rings. The quantitative estimate of drug-likeness (QED) is 0.290. The minimum atomic E-state index is -3.45. The molecule has 2 atom stereocenters. The van der Waals surface area contributed by atoms with Crippen molar-refractivity contribution in [2.75, 3.05) is 23.0 Å². The van der Waals surface area contributed by atoms with E-state index in [1.165, 1.54) is 7.11 Å². The lowest BCUT2D eigenvalue weighted by molar-refractivity contribution is 0.417. The van der Waals surface area contributed by atoms with E-state index in [1.54, 1.807) is 18.3 Å². The maximum absolute atomic E-state index is 11.8. The van der Waals surface area contributed by atoms with Gasteiger partial charge in [0.1, 0.15) is 5.75 Å². The molecule has 1 aromatic carbocycles. The number of hydrogen-bond donors (Lipinski definition) is 3. The molecule has 0 radical (unpaired) electrons. The maximum atomic E-state index is 11.8. The van der Waals surface area contributed by atoms with E-state index in [-0.39, 0.29) is 12.1 Å². The molecule has 1 aliphatic heterocycles. The Bertz CT molecular complexity index is 1310. The molecule has 11 heteroatoms. The summed E-state index contributed by atoms with van der Waals surface area (Å²) in [6.45, 7) is 4.10. The molecule has 3 aromatic rings. The standard InChI is InChI=1S/C22H24IN5O3S2/c1-12-18(19(23)13(2)25-12)21-20(16-7-5-6-10-24-16)26-22(32)28(21)14-8-9-15(17(11-14)31-3)27-33(4,29)30/h5-11,20-21,25,27H,1-4H3,(H,26,32). The molecule has 2 unspecified atom stereocenters. The van der Waals surface area contributed by atoms with Gasteiger partial charge < -0.3 is 19.9 Å². The van der Waals surface area contributed by atoms with Crippen LogP contribution in [0.15, 0.2) is 42.6 Å². The van der Waals surface area contributed by atoms with E-state index in [0.717, 1.165) is 38.2 Å². The van der Waals surface area contributed by atoms with Gasteiger partial charge in [-0.25, -0.2) is 8.42 Å². The van der Waals surface area contributed by atoms with Gasteiger partial charge in [0.25, 0.3) is 0 Å². The third-order valence-corrected chi connectivity index (χ3v) is 7.79. The van der Waals surface area contributed by atoms with Crippen molar-refractivity contribution in [3.05, 3.63) is 68.8 Å². The first kappa shape index (κ1) is 23.8. The average molecular weight is 598 g/mol. The number of aromatic amines is 1. The zero-order valence-electron chi connectivity index (χ0n) is 18.5. The lowest BCUT2D eigenvalue weighted by Crippen LogP contribution is -2.30. The Hall–Kier alpha value is -2.38. The molecule has 1 saturated heterocycles. The Kier molecular flexibility index (Phi) is 6.56. The second-order valence-electron chi connectivity index (χ2n) is 7.86. The van der Waals surface area contributed by atoms with Crippen molar-refractivity contribution in [3.63, 3.8) is 0 Å². The van der Waals surface area contributed by atoms with E-state index in [2.05, 4.69) is 49.5 Å². The fraction of sp³-hybridized carbons (Fsp3) is 0.273. The fourth-order valence-corrected chi connectivity index (χ4v) is 5.93. The van der Waals surface area contributed by atoms with Crippen molar-refractivity contribution in [1.82, 2.24) is 15.3 Å². The zero-order chi connectivity index (χ0) is 23.9. The molecule has 174 valence electrons. The summed E-state index contributed by atoms with van der Waals surface area (Å²) in [4.78, 5) is 10.1. The predicted molar refractivity (Wildman–Crippen MR) is 142 cm³/mol. The highest BCUT2D eigenvalue weighted by atomic mass is 127. The Morgan fingerprint density at radius 1 is 1.21 bits per heavy atom. The molecule has 33 heavy (non-hydrogen) atoms. The van der Waals surface area contributed by atoms with Gasteiger partial charge in [0.2, 0.25) is 10.0 Å². The van der Waals surface area contributed by atoms with E-state index in [0.29, 0.717) is 16.5 Å². The van der Waals surface area contributed by atoms with Crippen molar-refractivity contribution < 1.29 is 13.2 Å². The first-order valence-corrected chi connectivity index (χ1v) is 13.5. The van der Waals surface area contributed by atoms with Crippen molar-refractivity contribution >= 4 is 61.3 Å². The number of anilines is 2. The number of nitrogens with zero attached hydrogens (tertiary/aromatic N) is 2. The lowest BCUT2D eigenvalue weighted by Gasteiger charge is -2.29. The van der Waals surface area contributed by atoms with E-state index in [9.17, 15) is 8.42 Å². The van der Waals surface area contributed by atoms with Gasteiger partial charge >= 0.3 is 0 Å². The largest absolute Gasteiger partial charge is 0.494 e. The molecule has 0 saturated carbocycles. The number of pyridine rings is 1. The molecule has 0 amide bonds. The van der Waals surface area contributed by atoms with Crippen LogP contribution in [0.3, 0.4) is 0 Å². The summed E-state index contributed by atoms with van der Waals surface area (Å²) in [5.41, 5.74) is 5.30. The van der Waals surface area contributed by atoms with Crippen LogP contribution in [0, 0.1) is 17.4 Å². The summed E-state index contributed by atoms with van der Waals surface area (Å²) in [5.74, 6) is 0.400. The van der Waals surface area contributed by atoms with Crippen LogP contribution in [0.2, 0.25) is 0 Å². The van der Waals surface area contributed by atoms with Gasteiger partial charge in [-0.1, -0.05) is 6.07 Å². The number of ether oxygens (including phenoxy) is 1. The van der Waals surface area contributed by atoms with Crippen molar-refractivity contribution in [2.45, 2.75) is 25.9 Å². The molecule has 0 bridgehead atoms. The lowest BCUT2D eigenvalue weighted by atomic mass is 9.96. The van der Waals surface area contributed by atoms with Gasteiger partial charge in [0, 0.05) is 38.5 Å². The SMILES string of the molecule is COc1cc(N2C(=S)NC(c3ccccn3)C2c2c(C)[nH]c(C)c2I)ccc1NS(C)(=O)=O. The number of benzene rings is 1. The Morgan fingerprint density at radius 2 is 1.97 bits per heavy atom.